The molecule has 2 aromatic rings. The Morgan fingerprint density at radius 1 is 0.971 bits per heavy atom. The molecule has 0 saturated heterocycles. The third-order valence-electron chi connectivity index (χ3n) is 8.27. The number of aliphatic hydroxyl groups is 1. The number of carbonyl (C=O) groups is 1. The van der Waals surface area contributed by atoms with Crippen molar-refractivity contribution in [1.29, 1.82) is 0 Å². The molecular formula is C31H44O4. The monoisotopic (exact) mass is 480 g/mol. The summed E-state index contributed by atoms with van der Waals surface area (Å²) >= 11 is 0. The van der Waals surface area contributed by atoms with Crippen LogP contribution in [0.5, 0.6) is 5.75 Å². The first-order valence-electron chi connectivity index (χ1n) is 13.5. The van der Waals surface area contributed by atoms with Crippen molar-refractivity contribution >= 4 is 5.97 Å². The molecule has 1 saturated carbocycles. The lowest BCUT2D eigenvalue weighted by Crippen LogP contribution is -2.27. The molecule has 0 amide bonds. The van der Waals surface area contributed by atoms with E-state index in [1.54, 1.807) is 0 Å². The van der Waals surface area contributed by atoms with Gasteiger partial charge in [-0.2, -0.15) is 0 Å². The van der Waals surface area contributed by atoms with Crippen molar-refractivity contribution in [2.45, 2.75) is 109 Å². The zero-order chi connectivity index (χ0) is 25.5. The highest BCUT2D eigenvalue weighted by Crippen LogP contribution is 2.41. The van der Waals surface area contributed by atoms with Gasteiger partial charge in [0.15, 0.2) is 0 Å². The highest BCUT2D eigenvalue weighted by atomic mass is 16.5. The number of hydrogen-bond donors (Lipinski definition) is 2. The molecule has 0 atom stereocenters. The van der Waals surface area contributed by atoms with Gasteiger partial charge < -0.3 is 14.9 Å². The molecule has 0 spiro atoms. The minimum Gasteiger partial charge on any atom is -0.493 e. The molecule has 3 rings (SSSR count). The van der Waals surface area contributed by atoms with Crippen molar-refractivity contribution < 1.29 is 19.7 Å². The van der Waals surface area contributed by atoms with Gasteiger partial charge in [-0.3, -0.25) is 4.79 Å². The number of carboxylic acid groups (broad SMARTS) is 1. The van der Waals surface area contributed by atoms with E-state index in [1.807, 2.05) is 0 Å². The average molecular weight is 481 g/mol. The highest BCUT2D eigenvalue weighted by molar-refractivity contribution is 5.66. The molecule has 0 heterocycles. The van der Waals surface area contributed by atoms with Crippen LogP contribution >= 0.6 is 0 Å². The number of benzene rings is 2. The number of carboxylic acids is 1. The van der Waals surface area contributed by atoms with Gasteiger partial charge in [0, 0.05) is 11.8 Å². The Morgan fingerprint density at radius 2 is 1.60 bits per heavy atom. The van der Waals surface area contributed by atoms with Gasteiger partial charge in [0.25, 0.3) is 0 Å². The van der Waals surface area contributed by atoms with E-state index in [1.165, 1.54) is 22.3 Å². The van der Waals surface area contributed by atoms with Crippen LogP contribution in [-0.4, -0.2) is 28.4 Å². The summed E-state index contributed by atoms with van der Waals surface area (Å²) in [5.41, 5.74) is 5.92. The summed E-state index contributed by atoms with van der Waals surface area (Å²) in [5.74, 6) is 0.122. The molecular weight excluding hydrogens is 436 g/mol. The summed E-state index contributed by atoms with van der Waals surface area (Å²) in [7, 11) is 0. The van der Waals surface area contributed by atoms with Crippen molar-refractivity contribution in [3.05, 3.63) is 64.2 Å². The van der Waals surface area contributed by atoms with Gasteiger partial charge in [-0.25, -0.2) is 0 Å². The second kappa shape index (κ2) is 12.1. The predicted octanol–water partition coefficient (Wildman–Crippen LogP) is 7.28. The van der Waals surface area contributed by atoms with Crippen molar-refractivity contribution in [2.24, 2.45) is 0 Å². The summed E-state index contributed by atoms with van der Waals surface area (Å²) in [5, 5.41) is 19.6. The van der Waals surface area contributed by atoms with Crippen molar-refractivity contribution in [3.63, 3.8) is 0 Å². The molecule has 0 unspecified atom stereocenters. The Kier molecular flexibility index (Phi) is 9.40. The van der Waals surface area contributed by atoms with Gasteiger partial charge in [0.2, 0.25) is 0 Å². The molecule has 0 aromatic heterocycles. The quantitative estimate of drug-likeness (QED) is 0.296. The highest BCUT2D eigenvalue weighted by Gasteiger charge is 2.33. The standard InChI is InChI=1S/C31H44O4/c1-5-31(6-2,27-14-15-28(24(4)22-27)35-20-10-7-11-29(32)33)26-13-12-25(23(3)21-26)16-19-30(34)17-8-9-18-30/h12-15,21-22,34H,5-11,16-20H2,1-4H3,(H,32,33). The lowest BCUT2D eigenvalue weighted by molar-refractivity contribution is -0.137. The summed E-state index contributed by atoms with van der Waals surface area (Å²) in [6.45, 7) is 9.37. The van der Waals surface area contributed by atoms with Gasteiger partial charge in [0.05, 0.1) is 12.2 Å². The van der Waals surface area contributed by atoms with Crippen LogP contribution in [0.25, 0.3) is 0 Å². The van der Waals surface area contributed by atoms with Crippen LogP contribution in [0.4, 0.5) is 0 Å². The third kappa shape index (κ3) is 6.67. The summed E-state index contributed by atoms with van der Waals surface area (Å²) < 4.78 is 5.96. The Balaban J connectivity index is 1.75. The van der Waals surface area contributed by atoms with Crippen molar-refractivity contribution in [2.75, 3.05) is 6.61 Å². The topological polar surface area (TPSA) is 66.8 Å². The van der Waals surface area contributed by atoms with Gasteiger partial charge in [-0.15, -0.1) is 0 Å². The van der Waals surface area contributed by atoms with Crippen LogP contribution in [0.15, 0.2) is 36.4 Å². The van der Waals surface area contributed by atoms with E-state index in [0.717, 1.165) is 69.1 Å². The molecule has 2 aromatic carbocycles. The number of aliphatic carboxylic acids is 1. The zero-order valence-corrected chi connectivity index (χ0v) is 22.2. The van der Waals surface area contributed by atoms with Crippen LogP contribution in [0.2, 0.25) is 0 Å². The van der Waals surface area contributed by atoms with Crippen LogP contribution in [-0.2, 0) is 16.6 Å². The van der Waals surface area contributed by atoms with Crippen LogP contribution in [0, 0.1) is 13.8 Å². The summed E-state index contributed by atoms with van der Waals surface area (Å²) in [4.78, 5) is 10.7. The van der Waals surface area contributed by atoms with E-state index in [0.29, 0.717) is 13.0 Å². The normalized spacial score (nSPS) is 15.3. The smallest absolute Gasteiger partial charge is 0.303 e. The van der Waals surface area contributed by atoms with E-state index in [2.05, 4.69) is 64.1 Å². The maximum Gasteiger partial charge on any atom is 0.303 e. The predicted molar refractivity (Wildman–Crippen MR) is 142 cm³/mol. The van der Waals surface area contributed by atoms with E-state index in [9.17, 15) is 9.90 Å². The molecule has 4 nitrogen and oxygen atoms in total. The Labute approximate surface area is 211 Å². The fourth-order valence-corrected chi connectivity index (χ4v) is 5.83. The van der Waals surface area contributed by atoms with Gasteiger partial charge in [0.1, 0.15) is 5.75 Å². The van der Waals surface area contributed by atoms with Crippen molar-refractivity contribution in [3.8, 4) is 5.75 Å². The first-order chi connectivity index (χ1) is 16.7. The fourth-order valence-electron chi connectivity index (χ4n) is 5.83. The van der Waals surface area contributed by atoms with Crippen LogP contribution in [0.3, 0.4) is 0 Å². The molecule has 1 fully saturated rings. The Morgan fingerprint density at radius 3 is 2.17 bits per heavy atom. The molecule has 2 N–H and O–H groups in total. The van der Waals surface area contributed by atoms with E-state index < -0.39 is 11.6 Å². The molecule has 0 bridgehead atoms. The second-order valence-corrected chi connectivity index (χ2v) is 10.5. The third-order valence-corrected chi connectivity index (χ3v) is 8.27. The molecule has 4 heteroatoms. The second-order valence-electron chi connectivity index (χ2n) is 10.5. The van der Waals surface area contributed by atoms with E-state index in [4.69, 9.17) is 9.84 Å². The molecule has 35 heavy (non-hydrogen) atoms. The molecule has 0 aliphatic heterocycles. The largest absolute Gasteiger partial charge is 0.493 e. The first kappa shape index (κ1) is 27.3. The van der Waals surface area contributed by atoms with E-state index in [-0.39, 0.29) is 11.8 Å². The molecule has 0 radical (unpaired) electrons. The number of ether oxygens (including phenoxy) is 1. The van der Waals surface area contributed by atoms with Gasteiger partial charge in [-0.05, 0) is 99.1 Å². The van der Waals surface area contributed by atoms with Crippen LogP contribution in [0.1, 0.15) is 106 Å². The molecule has 192 valence electrons. The Bertz CT molecular complexity index is 983. The van der Waals surface area contributed by atoms with Crippen LogP contribution < -0.4 is 4.74 Å². The lowest BCUT2D eigenvalue weighted by atomic mass is 9.69. The number of hydrogen-bond acceptors (Lipinski definition) is 3. The lowest BCUT2D eigenvalue weighted by Gasteiger charge is -2.34. The van der Waals surface area contributed by atoms with E-state index >= 15 is 0 Å². The van der Waals surface area contributed by atoms with Gasteiger partial charge >= 0.3 is 5.97 Å². The molecule has 1 aliphatic carbocycles. The maximum atomic E-state index is 10.8. The minimum atomic E-state index is -0.754. The summed E-state index contributed by atoms with van der Waals surface area (Å²) in [6.07, 6.45) is 9.57. The first-order valence-corrected chi connectivity index (χ1v) is 13.5. The zero-order valence-electron chi connectivity index (χ0n) is 22.2. The number of unbranched alkanes of at least 4 members (excludes halogenated alkanes) is 1. The van der Waals surface area contributed by atoms with Gasteiger partial charge in [-0.1, -0.05) is 57.0 Å². The maximum absolute atomic E-state index is 10.8. The number of rotatable bonds is 13. The fraction of sp³-hybridized carbons (Fsp3) is 0.581. The summed E-state index contributed by atoms with van der Waals surface area (Å²) in [6, 6.07) is 13.5. The minimum absolute atomic E-state index is 0.0578. The molecule has 1 aliphatic rings. The van der Waals surface area contributed by atoms with Crippen molar-refractivity contribution in [1.82, 2.24) is 0 Å². The average Bonchev–Trinajstić information content (AvgIpc) is 3.27. The Hall–Kier alpha value is -2.33. The number of aryl methyl sites for hydroxylation is 3. The SMILES string of the molecule is CCC(CC)(c1ccc(CCC2(O)CCCC2)c(C)c1)c1ccc(OCCCCC(=O)O)c(C)c1.